The van der Waals surface area contributed by atoms with E-state index in [-0.39, 0.29) is 5.91 Å². The van der Waals surface area contributed by atoms with Crippen molar-refractivity contribution in [1.29, 1.82) is 0 Å². The lowest BCUT2D eigenvalue weighted by molar-refractivity contribution is 0.0661. The first-order chi connectivity index (χ1) is 12.3. The third kappa shape index (κ3) is 3.55. The molecule has 1 saturated heterocycles. The summed E-state index contributed by atoms with van der Waals surface area (Å²) in [6.07, 6.45) is 6.87. The van der Waals surface area contributed by atoms with Crippen LogP contribution in [0.3, 0.4) is 0 Å². The summed E-state index contributed by atoms with van der Waals surface area (Å²) >= 11 is 1.49. The molecule has 1 aliphatic rings. The Kier molecular flexibility index (Phi) is 4.47. The van der Waals surface area contributed by atoms with Crippen molar-refractivity contribution < 1.29 is 4.79 Å². The Morgan fingerprint density at radius 3 is 3.12 bits per heavy atom. The van der Waals surface area contributed by atoms with Gasteiger partial charge in [-0.1, -0.05) is 6.07 Å². The van der Waals surface area contributed by atoms with E-state index in [0.29, 0.717) is 24.0 Å². The number of amides is 1. The van der Waals surface area contributed by atoms with Gasteiger partial charge in [-0.05, 0) is 35.4 Å². The van der Waals surface area contributed by atoms with E-state index in [1.165, 1.54) is 11.3 Å². The van der Waals surface area contributed by atoms with Crippen LogP contribution in [0.2, 0.25) is 0 Å². The molecule has 3 aromatic rings. The third-order valence-corrected chi connectivity index (χ3v) is 5.06. The molecule has 3 aromatic heterocycles. The average Bonchev–Trinajstić information content (AvgIpc) is 3.34. The van der Waals surface area contributed by atoms with Gasteiger partial charge in [-0.15, -0.1) is 21.5 Å². The molecule has 0 aromatic carbocycles. The highest BCUT2D eigenvalue weighted by atomic mass is 32.1. The smallest absolute Gasteiger partial charge is 0.263 e. The van der Waals surface area contributed by atoms with Crippen LogP contribution in [0.5, 0.6) is 0 Å². The first kappa shape index (κ1) is 15.8. The summed E-state index contributed by atoms with van der Waals surface area (Å²) in [4.78, 5) is 25.0. The van der Waals surface area contributed by atoms with Gasteiger partial charge in [0.1, 0.15) is 5.69 Å². The van der Waals surface area contributed by atoms with E-state index in [9.17, 15) is 4.79 Å². The van der Waals surface area contributed by atoms with Crippen LogP contribution in [0.25, 0.3) is 11.5 Å². The van der Waals surface area contributed by atoms with Crippen molar-refractivity contribution in [3.63, 3.8) is 0 Å². The molecule has 9 heteroatoms. The van der Waals surface area contributed by atoms with Crippen LogP contribution in [0.15, 0.2) is 36.1 Å². The Bertz CT molecular complexity index is 833. The maximum absolute atomic E-state index is 12.5. The molecular weight excluding hydrogens is 338 g/mol. The summed E-state index contributed by atoms with van der Waals surface area (Å²) in [5.74, 6) is 0.906. The molecule has 0 saturated carbocycles. The molecule has 0 bridgehead atoms. The highest BCUT2D eigenvalue weighted by molar-refractivity contribution is 7.12. The number of carbonyl (C=O) groups is 1. The molecule has 1 aliphatic heterocycles. The maximum atomic E-state index is 12.5. The van der Waals surface area contributed by atoms with E-state index in [2.05, 4.69) is 25.4 Å². The summed E-state index contributed by atoms with van der Waals surface area (Å²) in [7, 11) is 0. The van der Waals surface area contributed by atoms with Crippen molar-refractivity contribution in [2.24, 2.45) is 5.92 Å². The van der Waals surface area contributed by atoms with Crippen LogP contribution in [-0.2, 0) is 6.54 Å². The second-order valence-electron chi connectivity index (χ2n) is 6.00. The van der Waals surface area contributed by atoms with Gasteiger partial charge in [0, 0.05) is 25.5 Å². The predicted octanol–water partition coefficient (Wildman–Crippen LogP) is 1.74. The van der Waals surface area contributed by atoms with Gasteiger partial charge in [-0.25, -0.2) is 4.98 Å². The van der Waals surface area contributed by atoms with Crippen LogP contribution in [0, 0.1) is 5.92 Å². The summed E-state index contributed by atoms with van der Waals surface area (Å²) < 4.78 is 0. The first-order valence-electron chi connectivity index (χ1n) is 8.16. The molecule has 1 atom stereocenters. The van der Waals surface area contributed by atoms with Gasteiger partial charge in [0.15, 0.2) is 0 Å². The lowest BCUT2D eigenvalue weighted by atomic mass is 9.98. The molecule has 1 fully saturated rings. The largest absolute Gasteiger partial charge is 0.338 e. The van der Waals surface area contributed by atoms with Crippen LogP contribution in [0.4, 0.5) is 0 Å². The first-order valence-corrected chi connectivity index (χ1v) is 9.04. The van der Waals surface area contributed by atoms with Crippen molar-refractivity contribution >= 4 is 17.2 Å². The van der Waals surface area contributed by atoms with E-state index in [1.54, 1.807) is 23.4 Å². The van der Waals surface area contributed by atoms with E-state index < -0.39 is 0 Å². The molecule has 0 radical (unpaired) electrons. The van der Waals surface area contributed by atoms with Gasteiger partial charge in [0.05, 0.1) is 17.6 Å². The van der Waals surface area contributed by atoms with Gasteiger partial charge in [-0.3, -0.25) is 9.78 Å². The molecule has 0 unspecified atom stereocenters. The molecule has 8 nitrogen and oxygen atoms in total. The maximum Gasteiger partial charge on any atom is 0.263 e. The second-order valence-corrected chi connectivity index (χ2v) is 6.94. The number of rotatable bonds is 4. The van der Waals surface area contributed by atoms with Gasteiger partial charge in [0.2, 0.25) is 5.82 Å². The molecular formula is C16H17N7OS. The zero-order chi connectivity index (χ0) is 17.1. The lowest BCUT2D eigenvalue weighted by Gasteiger charge is -2.32. The summed E-state index contributed by atoms with van der Waals surface area (Å²) in [6, 6.07) is 3.79. The molecule has 1 amide bonds. The zero-order valence-electron chi connectivity index (χ0n) is 13.5. The molecule has 0 aliphatic carbocycles. The number of tetrazole rings is 1. The van der Waals surface area contributed by atoms with E-state index in [4.69, 9.17) is 0 Å². The second kappa shape index (κ2) is 7.06. The highest BCUT2D eigenvalue weighted by Crippen LogP contribution is 2.21. The van der Waals surface area contributed by atoms with Crippen molar-refractivity contribution in [3.8, 4) is 11.5 Å². The Morgan fingerprint density at radius 1 is 1.36 bits per heavy atom. The number of hydrogen-bond donors (Lipinski definition) is 0. The molecule has 4 rings (SSSR count). The fourth-order valence-electron chi connectivity index (χ4n) is 3.02. The molecule has 0 spiro atoms. The Morgan fingerprint density at radius 2 is 2.32 bits per heavy atom. The minimum atomic E-state index is 0.117. The Balaban J connectivity index is 1.41. The predicted molar refractivity (Wildman–Crippen MR) is 91.8 cm³/mol. The van der Waals surface area contributed by atoms with Gasteiger partial charge in [-0.2, -0.15) is 4.80 Å². The molecule has 128 valence electrons. The monoisotopic (exact) mass is 355 g/mol. The minimum absolute atomic E-state index is 0.117. The Labute approximate surface area is 148 Å². The van der Waals surface area contributed by atoms with Crippen LogP contribution < -0.4 is 0 Å². The van der Waals surface area contributed by atoms with Gasteiger partial charge < -0.3 is 4.90 Å². The minimum Gasteiger partial charge on any atom is -0.338 e. The average molecular weight is 355 g/mol. The number of nitrogens with zero attached hydrogens (tertiary/aromatic N) is 7. The number of thiophene rings is 1. The lowest BCUT2D eigenvalue weighted by Crippen LogP contribution is -2.41. The summed E-state index contributed by atoms with van der Waals surface area (Å²) in [6.45, 7) is 2.17. The Hall–Kier alpha value is -2.68. The topological polar surface area (TPSA) is 89.7 Å². The van der Waals surface area contributed by atoms with Gasteiger partial charge >= 0.3 is 0 Å². The molecule has 4 heterocycles. The number of likely N-dealkylation sites (tertiary alicyclic amines) is 1. The summed E-state index contributed by atoms with van der Waals surface area (Å²) in [5.41, 5.74) is 0.604. The third-order valence-electron chi connectivity index (χ3n) is 4.20. The van der Waals surface area contributed by atoms with Crippen molar-refractivity contribution in [1.82, 2.24) is 35.1 Å². The quantitative estimate of drug-likeness (QED) is 0.708. The number of hydrogen-bond acceptors (Lipinski definition) is 7. The SMILES string of the molecule is O=C(c1cccs1)N1CCC[C@H](Cn2nnc(-c3cnccn3)n2)C1. The molecule has 0 N–H and O–H groups in total. The zero-order valence-corrected chi connectivity index (χ0v) is 14.3. The fourth-order valence-corrected chi connectivity index (χ4v) is 3.71. The van der Waals surface area contributed by atoms with E-state index >= 15 is 0 Å². The summed E-state index contributed by atoms with van der Waals surface area (Å²) in [5, 5.41) is 14.5. The number of piperidine rings is 1. The van der Waals surface area contributed by atoms with Gasteiger partial charge in [0.25, 0.3) is 5.91 Å². The van der Waals surface area contributed by atoms with E-state index in [1.807, 2.05) is 22.4 Å². The van der Waals surface area contributed by atoms with Crippen molar-refractivity contribution in [2.45, 2.75) is 19.4 Å². The van der Waals surface area contributed by atoms with Crippen LogP contribution in [-0.4, -0.2) is 54.1 Å². The van der Waals surface area contributed by atoms with Crippen molar-refractivity contribution in [3.05, 3.63) is 41.0 Å². The highest BCUT2D eigenvalue weighted by Gasteiger charge is 2.26. The normalized spacial score (nSPS) is 17.6. The van der Waals surface area contributed by atoms with Crippen LogP contribution >= 0.6 is 11.3 Å². The number of aromatic nitrogens is 6. The molecule has 25 heavy (non-hydrogen) atoms. The van der Waals surface area contributed by atoms with E-state index in [0.717, 1.165) is 30.8 Å². The fraction of sp³-hybridized carbons (Fsp3) is 0.375. The standard InChI is InChI=1S/C16H17N7OS/c24-16(14-4-2-8-25-14)22-7-1-3-12(10-22)11-23-20-15(19-21-23)13-9-17-5-6-18-13/h2,4-6,8-9,12H,1,3,7,10-11H2/t12-/m0/s1. The number of carbonyl (C=O) groups excluding carboxylic acids is 1. The van der Waals surface area contributed by atoms with Crippen molar-refractivity contribution in [2.75, 3.05) is 13.1 Å². The van der Waals surface area contributed by atoms with Crippen LogP contribution in [0.1, 0.15) is 22.5 Å².